The minimum absolute atomic E-state index is 0.144. The molecule has 0 spiro atoms. The topological polar surface area (TPSA) is 64.6 Å². The second kappa shape index (κ2) is 7.83. The number of hydrogen-bond donors (Lipinski definition) is 1. The van der Waals surface area contributed by atoms with Crippen molar-refractivity contribution >= 4 is 12.2 Å². The van der Waals surface area contributed by atoms with Gasteiger partial charge in [0.2, 0.25) is 0 Å². The molecule has 22 heavy (non-hydrogen) atoms. The van der Waals surface area contributed by atoms with Crippen LogP contribution in [0.4, 0.5) is 0 Å². The van der Waals surface area contributed by atoms with Crippen molar-refractivity contribution in [2.75, 3.05) is 13.7 Å². The van der Waals surface area contributed by atoms with Gasteiger partial charge in [0.1, 0.15) is 11.5 Å². The molecule has 0 saturated carbocycles. The second-order valence-electron chi connectivity index (χ2n) is 4.57. The van der Waals surface area contributed by atoms with E-state index in [1.807, 2.05) is 24.3 Å². The highest BCUT2D eigenvalue weighted by molar-refractivity contribution is 5.80. The number of amides is 1. The Morgan fingerprint density at radius 1 is 1.18 bits per heavy atom. The van der Waals surface area contributed by atoms with E-state index in [1.54, 1.807) is 31.4 Å². The summed E-state index contributed by atoms with van der Waals surface area (Å²) in [6.45, 7) is 0.240. The number of aldehydes is 1. The summed E-state index contributed by atoms with van der Waals surface area (Å²) < 4.78 is 10.5. The average molecular weight is 299 g/mol. The van der Waals surface area contributed by atoms with Crippen LogP contribution in [0, 0.1) is 0 Å². The Morgan fingerprint density at radius 2 is 2.00 bits per heavy atom. The van der Waals surface area contributed by atoms with Crippen LogP contribution >= 0.6 is 0 Å². The summed E-state index contributed by atoms with van der Waals surface area (Å²) in [6.07, 6.45) is 0.698. The summed E-state index contributed by atoms with van der Waals surface area (Å²) in [6, 6.07) is 14.2. The molecule has 2 aromatic carbocycles. The SMILES string of the molecule is COc1cccc(CNC(=O)COc2ccccc2C=O)c1. The number of benzene rings is 2. The van der Waals surface area contributed by atoms with Gasteiger partial charge in [0.05, 0.1) is 12.7 Å². The van der Waals surface area contributed by atoms with Crippen LogP contribution < -0.4 is 14.8 Å². The van der Waals surface area contributed by atoms with Gasteiger partial charge < -0.3 is 14.8 Å². The van der Waals surface area contributed by atoms with Gasteiger partial charge in [-0.25, -0.2) is 0 Å². The summed E-state index contributed by atoms with van der Waals surface area (Å²) in [5.74, 6) is 0.875. The normalized spacial score (nSPS) is 9.86. The van der Waals surface area contributed by atoms with Crippen molar-refractivity contribution in [1.82, 2.24) is 5.32 Å². The third-order valence-electron chi connectivity index (χ3n) is 3.03. The highest BCUT2D eigenvalue weighted by Crippen LogP contribution is 2.15. The van der Waals surface area contributed by atoms with Gasteiger partial charge in [0.15, 0.2) is 12.9 Å². The van der Waals surface area contributed by atoms with Crippen molar-refractivity contribution in [3.05, 3.63) is 59.7 Å². The van der Waals surface area contributed by atoms with E-state index in [1.165, 1.54) is 0 Å². The molecule has 0 unspecified atom stereocenters. The van der Waals surface area contributed by atoms with Gasteiger partial charge in [-0.2, -0.15) is 0 Å². The van der Waals surface area contributed by atoms with Crippen LogP contribution in [0.3, 0.4) is 0 Å². The summed E-state index contributed by atoms with van der Waals surface area (Å²) in [5.41, 5.74) is 1.35. The summed E-state index contributed by atoms with van der Waals surface area (Å²) >= 11 is 0. The second-order valence-corrected chi connectivity index (χ2v) is 4.57. The molecule has 0 radical (unpaired) electrons. The van der Waals surface area contributed by atoms with Gasteiger partial charge in [-0.05, 0) is 29.8 Å². The van der Waals surface area contributed by atoms with Crippen molar-refractivity contribution in [3.63, 3.8) is 0 Å². The van der Waals surface area contributed by atoms with Crippen LogP contribution in [-0.2, 0) is 11.3 Å². The van der Waals surface area contributed by atoms with Gasteiger partial charge in [-0.3, -0.25) is 9.59 Å². The third kappa shape index (κ3) is 4.34. The maximum atomic E-state index is 11.8. The van der Waals surface area contributed by atoms with Crippen LogP contribution in [0.2, 0.25) is 0 Å². The summed E-state index contributed by atoms with van der Waals surface area (Å²) in [5, 5.41) is 2.75. The summed E-state index contributed by atoms with van der Waals surface area (Å²) in [4.78, 5) is 22.6. The quantitative estimate of drug-likeness (QED) is 0.796. The molecule has 0 aliphatic carbocycles. The first-order chi connectivity index (χ1) is 10.7. The van der Waals surface area contributed by atoms with Crippen molar-refractivity contribution in [3.8, 4) is 11.5 Å². The molecule has 5 nitrogen and oxygen atoms in total. The molecule has 2 aromatic rings. The van der Waals surface area contributed by atoms with Gasteiger partial charge >= 0.3 is 0 Å². The summed E-state index contributed by atoms with van der Waals surface area (Å²) in [7, 11) is 1.59. The first-order valence-electron chi connectivity index (χ1n) is 6.79. The molecule has 0 aliphatic rings. The monoisotopic (exact) mass is 299 g/mol. The Hall–Kier alpha value is -2.82. The van der Waals surface area contributed by atoms with Crippen molar-refractivity contribution in [2.45, 2.75) is 6.54 Å². The van der Waals surface area contributed by atoms with Gasteiger partial charge in [0.25, 0.3) is 5.91 Å². The lowest BCUT2D eigenvalue weighted by Crippen LogP contribution is -2.28. The van der Waals surface area contributed by atoms with Crippen LogP contribution in [0.25, 0.3) is 0 Å². The number of ether oxygens (including phenoxy) is 2. The zero-order chi connectivity index (χ0) is 15.8. The Labute approximate surface area is 128 Å². The molecule has 0 saturated heterocycles. The van der Waals surface area contributed by atoms with Gasteiger partial charge in [-0.15, -0.1) is 0 Å². The molecular weight excluding hydrogens is 282 g/mol. The molecule has 5 heteroatoms. The van der Waals surface area contributed by atoms with Crippen LogP contribution in [0.5, 0.6) is 11.5 Å². The third-order valence-corrected chi connectivity index (χ3v) is 3.03. The highest BCUT2D eigenvalue weighted by Gasteiger charge is 2.06. The van der Waals surface area contributed by atoms with Crippen molar-refractivity contribution in [2.24, 2.45) is 0 Å². The predicted octanol–water partition coefficient (Wildman–Crippen LogP) is 2.20. The molecule has 0 bridgehead atoms. The van der Waals surface area contributed by atoms with E-state index in [2.05, 4.69) is 5.32 Å². The zero-order valence-corrected chi connectivity index (χ0v) is 12.2. The number of nitrogens with one attached hydrogen (secondary N) is 1. The maximum absolute atomic E-state index is 11.8. The lowest BCUT2D eigenvalue weighted by atomic mass is 10.2. The molecule has 1 amide bonds. The molecule has 1 N–H and O–H groups in total. The number of rotatable bonds is 7. The smallest absolute Gasteiger partial charge is 0.258 e. The fraction of sp³-hybridized carbons (Fsp3) is 0.176. The van der Waals surface area contributed by atoms with E-state index in [4.69, 9.17) is 9.47 Å². The molecule has 0 atom stereocenters. The number of methoxy groups -OCH3 is 1. The molecule has 0 heterocycles. The standard InChI is InChI=1S/C17H17NO4/c1-21-15-7-4-5-13(9-15)10-18-17(20)12-22-16-8-3-2-6-14(16)11-19/h2-9,11H,10,12H2,1H3,(H,18,20). The number of carbonyl (C=O) groups excluding carboxylic acids is 2. The zero-order valence-electron chi connectivity index (χ0n) is 12.2. The number of carbonyl (C=O) groups is 2. The van der Waals surface area contributed by atoms with E-state index >= 15 is 0 Å². The number of hydrogen-bond acceptors (Lipinski definition) is 4. The van der Waals surface area contributed by atoms with E-state index in [0.717, 1.165) is 11.3 Å². The van der Waals surface area contributed by atoms with Gasteiger partial charge in [0, 0.05) is 6.54 Å². The van der Waals surface area contributed by atoms with Crippen molar-refractivity contribution < 1.29 is 19.1 Å². The van der Waals surface area contributed by atoms with Crippen LogP contribution in [-0.4, -0.2) is 25.9 Å². The predicted molar refractivity (Wildman–Crippen MR) is 82.2 cm³/mol. The lowest BCUT2D eigenvalue weighted by molar-refractivity contribution is -0.123. The molecular formula is C17H17NO4. The largest absolute Gasteiger partial charge is 0.497 e. The van der Waals surface area contributed by atoms with E-state index in [-0.39, 0.29) is 12.5 Å². The first-order valence-corrected chi connectivity index (χ1v) is 6.79. The van der Waals surface area contributed by atoms with Crippen LogP contribution in [0.15, 0.2) is 48.5 Å². The molecule has 0 aromatic heterocycles. The maximum Gasteiger partial charge on any atom is 0.258 e. The fourth-order valence-corrected chi connectivity index (χ4v) is 1.89. The Balaban J connectivity index is 1.84. The van der Waals surface area contributed by atoms with E-state index in [9.17, 15) is 9.59 Å². The highest BCUT2D eigenvalue weighted by atomic mass is 16.5. The number of para-hydroxylation sites is 1. The van der Waals surface area contributed by atoms with Crippen LogP contribution in [0.1, 0.15) is 15.9 Å². The van der Waals surface area contributed by atoms with E-state index < -0.39 is 0 Å². The fourth-order valence-electron chi connectivity index (χ4n) is 1.89. The molecule has 0 fully saturated rings. The van der Waals surface area contributed by atoms with E-state index in [0.29, 0.717) is 24.1 Å². The van der Waals surface area contributed by atoms with Gasteiger partial charge in [-0.1, -0.05) is 24.3 Å². The molecule has 114 valence electrons. The first kappa shape index (κ1) is 15.6. The lowest BCUT2D eigenvalue weighted by Gasteiger charge is -2.09. The Morgan fingerprint density at radius 3 is 2.77 bits per heavy atom. The Kier molecular flexibility index (Phi) is 5.54. The minimum atomic E-state index is -0.261. The molecule has 2 rings (SSSR count). The minimum Gasteiger partial charge on any atom is -0.497 e. The Bertz CT molecular complexity index is 655. The molecule has 0 aliphatic heterocycles. The van der Waals surface area contributed by atoms with Crippen molar-refractivity contribution in [1.29, 1.82) is 0 Å². The average Bonchev–Trinajstić information content (AvgIpc) is 2.58.